The maximum absolute atomic E-state index is 13.0. The molecule has 2 aromatic carbocycles. The van der Waals surface area contributed by atoms with Crippen molar-refractivity contribution in [2.45, 2.75) is 31.7 Å². The Hall–Kier alpha value is -1.75. The van der Waals surface area contributed by atoms with E-state index < -0.39 is 0 Å². The lowest BCUT2D eigenvalue weighted by molar-refractivity contribution is -0.123. The average Bonchev–Trinajstić information content (AvgIpc) is 3.22. The summed E-state index contributed by atoms with van der Waals surface area (Å²) in [6.07, 6.45) is 2.38. The number of hydrogen-bond donors (Lipinski definition) is 1. The van der Waals surface area contributed by atoms with Gasteiger partial charge in [0.1, 0.15) is 0 Å². The molecule has 2 atom stereocenters. The Labute approximate surface area is 186 Å². The minimum absolute atomic E-state index is 0.0590. The third-order valence-corrected chi connectivity index (χ3v) is 6.07. The summed E-state index contributed by atoms with van der Waals surface area (Å²) in [5.41, 5.74) is 2.56. The number of halogens is 2. The molecule has 0 saturated carbocycles. The zero-order valence-corrected chi connectivity index (χ0v) is 18.5. The molecule has 1 aliphatic rings. The number of carbonyl (C=O) groups is 1. The summed E-state index contributed by atoms with van der Waals surface area (Å²) in [5, 5.41) is 6.54. The van der Waals surface area contributed by atoms with Gasteiger partial charge in [0.25, 0.3) is 0 Å². The molecule has 0 aromatic heterocycles. The first-order chi connectivity index (χ1) is 14.0. The number of aliphatic imine (C=N–C) groups is 1. The Morgan fingerprint density at radius 2 is 1.93 bits per heavy atom. The van der Waals surface area contributed by atoms with Crippen LogP contribution in [0.2, 0.25) is 10.0 Å². The number of benzene rings is 2. The van der Waals surface area contributed by atoms with Gasteiger partial charge < -0.3 is 10.2 Å². The standard InChI is InChI=1S/C22H23Cl2N3OS/c1-15(16-7-8-19(23)20(24)12-16)22(28)26-21(13-27-9-2-3-10-27)17-5-4-6-18(11-17)25-14-29/h4-8,11-12,15,21H,2-3,9-10,13H2,1H3,(H,26,28). The Balaban J connectivity index is 1.81. The highest BCUT2D eigenvalue weighted by Crippen LogP contribution is 2.28. The third kappa shape index (κ3) is 5.88. The van der Waals surface area contributed by atoms with E-state index in [0.717, 1.165) is 36.4 Å². The summed E-state index contributed by atoms with van der Waals surface area (Å²) in [6, 6.07) is 12.9. The van der Waals surface area contributed by atoms with Crippen LogP contribution in [0.4, 0.5) is 5.69 Å². The van der Waals surface area contributed by atoms with E-state index in [1.54, 1.807) is 12.1 Å². The molecule has 0 radical (unpaired) electrons. The molecule has 152 valence electrons. The minimum atomic E-state index is -0.354. The van der Waals surface area contributed by atoms with Crippen molar-refractivity contribution in [2.24, 2.45) is 4.99 Å². The molecule has 2 unspecified atom stereocenters. The predicted molar refractivity (Wildman–Crippen MR) is 123 cm³/mol. The first kappa shape index (κ1) is 21.9. The summed E-state index contributed by atoms with van der Waals surface area (Å²) in [7, 11) is 0. The van der Waals surface area contributed by atoms with Crippen LogP contribution in [0.25, 0.3) is 0 Å². The third-order valence-electron chi connectivity index (χ3n) is 5.24. The smallest absolute Gasteiger partial charge is 0.227 e. The van der Waals surface area contributed by atoms with Crippen molar-refractivity contribution in [2.75, 3.05) is 19.6 Å². The number of nitrogens with zero attached hydrogens (tertiary/aromatic N) is 2. The van der Waals surface area contributed by atoms with Gasteiger partial charge in [0.05, 0.1) is 32.9 Å². The van der Waals surface area contributed by atoms with E-state index >= 15 is 0 Å². The highest BCUT2D eigenvalue weighted by molar-refractivity contribution is 7.78. The minimum Gasteiger partial charge on any atom is -0.347 e. The van der Waals surface area contributed by atoms with Crippen molar-refractivity contribution in [3.8, 4) is 0 Å². The second-order valence-corrected chi connectivity index (χ2v) is 8.26. The average molecular weight is 448 g/mol. The summed E-state index contributed by atoms with van der Waals surface area (Å²) < 4.78 is 0. The number of likely N-dealkylation sites (tertiary alicyclic amines) is 1. The maximum Gasteiger partial charge on any atom is 0.227 e. The topological polar surface area (TPSA) is 44.7 Å². The molecular formula is C22H23Cl2N3OS. The van der Waals surface area contributed by atoms with E-state index in [1.807, 2.05) is 37.3 Å². The normalized spacial score (nSPS) is 16.1. The monoisotopic (exact) mass is 447 g/mol. The molecule has 1 amide bonds. The van der Waals surface area contributed by atoms with Crippen LogP contribution >= 0.6 is 35.4 Å². The summed E-state index contributed by atoms with van der Waals surface area (Å²) in [5.74, 6) is -0.413. The first-order valence-electron chi connectivity index (χ1n) is 9.63. The molecule has 0 bridgehead atoms. The summed E-state index contributed by atoms with van der Waals surface area (Å²) >= 11 is 16.9. The van der Waals surface area contributed by atoms with Crippen molar-refractivity contribution in [1.29, 1.82) is 0 Å². The quantitative estimate of drug-likeness (QED) is 0.431. The van der Waals surface area contributed by atoms with E-state index in [4.69, 9.17) is 35.4 Å². The lowest BCUT2D eigenvalue weighted by Gasteiger charge is -2.26. The second-order valence-electron chi connectivity index (χ2n) is 7.26. The van der Waals surface area contributed by atoms with Crippen LogP contribution in [0.3, 0.4) is 0 Å². The van der Waals surface area contributed by atoms with E-state index in [2.05, 4.69) is 20.4 Å². The molecule has 1 saturated heterocycles. The van der Waals surface area contributed by atoms with E-state index in [1.165, 1.54) is 12.8 Å². The van der Waals surface area contributed by atoms with Crippen LogP contribution in [0.1, 0.15) is 42.9 Å². The molecule has 2 aromatic rings. The van der Waals surface area contributed by atoms with Crippen molar-refractivity contribution < 1.29 is 4.79 Å². The fraction of sp³-hybridized carbons (Fsp3) is 0.364. The van der Waals surface area contributed by atoms with Gasteiger partial charge in [-0.15, -0.1) is 0 Å². The molecule has 4 nitrogen and oxygen atoms in total. The van der Waals surface area contributed by atoms with Crippen LogP contribution in [0.15, 0.2) is 47.5 Å². The van der Waals surface area contributed by atoms with Crippen LogP contribution in [0, 0.1) is 0 Å². The molecule has 0 spiro atoms. The predicted octanol–water partition coefficient (Wildman–Crippen LogP) is 5.78. The lowest BCUT2D eigenvalue weighted by atomic mass is 9.98. The van der Waals surface area contributed by atoms with Gasteiger partial charge in [-0.3, -0.25) is 4.79 Å². The lowest BCUT2D eigenvalue weighted by Crippen LogP contribution is -2.38. The van der Waals surface area contributed by atoms with Crippen molar-refractivity contribution in [3.05, 3.63) is 63.6 Å². The van der Waals surface area contributed by atoms with E-state index in [9.17, 15) is 4.79 Å². The molecule has 1 N–H and O–H groups in total. The largest absolute Gasteiger partial charge is 0.347 e. The molecule has 29 heavy (non-hydrogen) atoms. The molecule has 3 rings (SSSR count). The van der Waals surface area contributed by atoms with Gasteiger partial charge in [-0.05, 0) is 80.5 Å². The van der Waals surface area contributed by atoms with Crippen LogP contribution in [-0.2, 0) is 4.79 Å². The Bertz CT molecular complexity index is 924. The highest BCUT2D eigenvalue weighted by Gasteiger charge is 2.24. The Kier molecular flexibility index (Phi) is 7.82. The molecule has 0 aliphatic carbocycles. The molecule has 1 fully saturated rings. The molecule has 7 heteroatoms. The van der Waals surface area contributed by atoms with E-state index in [-0.39, 0.29) is 17.9 Å². The summed E-state index contributed by atoms with van der Waals surface area (Å²) in [4.78, 5) is 19.5. The maximum atomic E-state index is 13.0. The zero-order chi connectivity index (χ0) is 20.8. The molecule has 1 aliphatic heterocycles. The SMILES string of the molecule is CC(C(=O)NC(CN1CCCC1)c1cccc(N=C=S)c1)c1ccc(Cl)c(Cl)c1. The zero-order valence-electron chi connectivity index (χ0n) is 16.2. The van der Waals surface area contributed by atoms with Gasteiger partial charge in [-0.1, -0.05) is 41.4 Å². The van der Waals surface area contributed by atoms with Gasteiger partial charge >= 0.3 is 0 Å². The van der Waals surface area contributed by atoms with Crippen LogP contribution < -0.4 is 5.32 Å². The summed E-state index contributed by atoms with van der Waals surface area (Å²) in [6.45, 7) is 4.72. The first-order valence-corrected chi connectivity index (χ1v) is 10.8. The molecule has 1 heterocycles. The Morgan fingerprint density at radius 1 is 1.17 bits per heavy atom. The van der Waals surface area contributed by atoms with Gasteiger partial charge in [-0.2, -0.15) is 4.99 Å². The number of nitrogens with one attached hydrogen (secondary N) is 1. The van der Waals surface area contributed by atoms with Gasteiger partial charge in [0.15, 0.2) is 0 Å². The number of amides is 1. The van der Waals surface area contributed by atoms with Gasteiger partial charge in [-0.25, -0.2) is 0 Å². The van der Waals surface area contributed by atoms with Crippen molar-refractivity contribution >= 4 is 52.2 Å². The van der Waals surface area contributed by atoms with Gasteiger partial charge in [0, 0.05) is 6.54 Å². The number of carbonyl (C=O) groups excluding carboxylic acids is 1. The molecular weight excluding hydrogens is 425 g/mol. The fourth-order valence-corrected chi connectivity index (χ4v) is 3.96. The number of isothiocyanates is 1. The number of thiocarbonyl (C=S) groups is 1. The number of rotatable bonds is 7. The van der Waals surface area contributed by atoms with Crippen molar-refractivity contribution in [1.82, 2.24) is 10.2 Å². The fourth-order valence-electron chi connectivity index (χ4n) is 3.55. The number of hydrogen-bond acceptors (Lipinski definition) is 4. The Morgan fingerprint density at radius 3 is 2.62 bits per heavy atom. The highest BCUT2D eigenvalue weighted by atomic mass is 35.5. The van der Waals surface area contributed by atoms with Gasteiger partial charge in [0.2, 0.25) is 5.91 Å². The van der Waals surface area contributed by atoms with Crippen LogP contribution in [-0.4, -0.2) is 35.6 Å². The van der Waals surface area contributed by atoms with E-state index in [0.29, 0.717) is 10.0 Å². The van der Waals surface area contributed by atoms with Crippen molar-refractivity contribution in [3.63, 3.8) is 0 Å². The van der Waals surface area contributed by atoms with Crippen LogP contribution in [0.5, 0.6) is 0 Å². The second kappa shape index (κ2) is 10.3.